The normalized spacial score (nSPS) is 20.2. The van der Waals surface area contributed by atoms with E-state index < -0.39 is 11.6 Å². The topological polar surface area (TPSA) is 44.1 Å². The standard InChI is InChI=1S/C17H13FN2O/c1-12-6-5-9-14-15(12)20(16(21)17(14,18)11-19)10-13-7-3-2-4-8-13/h2-9H,10H2,1H3. The van der Waals surface area contributed by atoms with Crippen LogP contribution in [0.4, 0.5) is 10.1 Å². The van der Waals surface area contributed by atoms with Gasteiger partial charge in [-0.2, -0.15) is 5.26 Å². The second-order valence-electron chi connectivity index (χ2n) is 5.12. The summed E-state index contributed by atoms with van der Waals surface area (Å²) in [5.41, 5.74) is -0.258. The maximum Gasteiger partial charge on any atom is 0.300 e. The first kappa shape index (κ1) is 13.3. The van der Waals surface area contributed by atoms with Gasteiger partial charge in [0.2, 0.25) is 0 Å². The van der Waals surface area contributed by atoms with E-state index >= 15 is 0 Å². The van der Waals surface area contributed by atoms with Crippen molar-refractivity contribution in [1.82, 2.24) is 0 Å². The molecule has 1 unspecified atom stereocenters. The van der Waals surface area contributed by atoms with E-state index in [0.29, 0.717) is 5.69 Å². The number of nitrogens with zero attached hydrogens (tertiary/aromatic N) is 2. The molecule has 2 aromatic carbocycles. The van der Waals surface area contributed by atoms with E-state index in [1.165, 1.54) is 17.0 Å². The van der Waals surface area contributed by atoms with Crippen LogP contribution < -0.4 is 4.90 Å². The minimum atomic E-state index is -2.59. The van der Waals surface area contributed by atoms with E-state index in [9.17, 15) is 9.18 Å². The molecule has 0 aromatic heterocycles. The lowest BCUT2D eigenvalue weighted by Gasteiger charge is -2.19. The lowest BCUT2D eigenvalue weighted by molar-refractivity contribution is -0.126. The Bertz CT molecular complexity index is 751. The zero-order valence-corrected chi connectivity index (χ0v) is 11.5. The number of benzene rings is 2. The highest BCUT2D eigenvalue weighted by Gasteiger charge is 2.53. The molecule has 0 radical (unpaired) electrons. The van der Waals surface area contributed by atoms with Crippen molar-refractivity contribution >= 4 is 11.6 Å². The molecule has 1 aliphatic heterocycles. The number of carbonyl (C=O) groups is 1. The summed E-state index contributed by atoms with van der Waals surface area (Å²) >= 11 is 0. The van der Waals surface area contributed by atoms with E-state index in [1.807, 2.05) is 43.3 Å². The number of amides is 1. The Balaban J connectivity index is 2.12. The molecule has 2 aromatic rings. The number of halogens is 1. The Hall–Kier alpha value is -2.67. The smallest absolute Gasteiger partial charge is 0.300 e. The molecule has 0 saturated heterocycles. The predicted molar refractivity (Wildman–Crippen MR) is 77.2 cm³/mol. The summed E-state index contributed by atoms with van der Waals surface area (Å²) < 4.78 is 14.8. The number of hydrogen-bond acceptors (Lipinski definition) is 2. The number of para-hydroxylation sites is 1. The molecule has 0 fully saturated rings. The lowest BCUT2D eigenvalue weighted by atomic mass is 9.97. The number of rotatable bonds is 2. The van der Waals surface area contributed by atoms with Gasteiger partial charge in [0.05, 0.1) is 12.2 Å². The molecule has 0 spiro atoms. The molecule has 3 rings (SSSR count). The van der Waals surface area contributed by atoms with Crippen molar-refractivity contribution in [3.8, 4) is 6.07 Å². The fourth-order valence-corrected chi connectivity index (χ4v) is 2.72. The molecule has 1 heterocycles. The number of nitriles is 1. The van der Waals surface area contributed by atoms with Gasteiger partial charge >= 0.3 is 5.67 Å². The number of carbonyl (C=O) groups excluding carboxylic acids is 1. The number of alkyl halides is 1. The number of anilines is 1. The molecule has 3 nitrogen and oxygen atoms in total. The van der Waals surface area contributed by atoms with E-state index in [4.69, 9.17) is 5.26 Å². The minimum Gasteiger partial charge on any atom is -0.303 e. The van der Waals surface area contributed by atoms with Gasteiger partial charge in [0, 0.05) is 5.56 Å². The molecule has 1 aliphatic rings. The van der Waals surface area contributed by atoms with Gasteiger partial charge in [0.1, 0.15) is 6.07 Å². The summed E-state index contributed by atoms with van der Waals surface area (Å²) in [7, 11) is 0. The highest BCUT2D eigenvalue weighted by molar-refractivity contribution is 6.09. The molecular weight excluding hydrogens is 267 g/mol. The molecule has 104 valence electrons. The minimum absolute atomic E-state index is 0.144. The van der Waals surface area contributed by atoms with E-state index in [0.717, 1.165) is 11.1 Å². The van der Waals surface area contributed by atoms with Crippen LogP contribution in [0.2, 0.25) is 0 Å². The van der Waals surface area contributed by atoms with Crippen LogP contribution in [0.3, 0.4) is 0 Å². The Labute approximate surface area is 122 Å². The number of hydrogen-bond donors (Lipinski definition) is 0. The highest BCUT2D eigenvalue weighted by atomic mass is 19.1. The van der Waals surface area contributed by atoms with Gasteiger partial charge in [0.15, 0.2) is 0 Å². The Kier molecular flexibility index (Phi) is 2.99. The second kappa shape index (κ2) is 4.71. The van der Waals surface area contributed by atoms with Crippen LogP contribution in [0.1, 0.15) is 16.7 Å². The van der Waals surface area contributed by atoms with Crippen LogP contribution in [0.25, 0.3) is 0 Å². The van der Waals surface area contributed by atoms with Crippen molar-refractivity contribution < 1.29 is 9.18 Å². The zero-order chi connectivity index (χ0) is 15.0. The number of aryl methyl sites for hydroxylation is 1. The highest BCUT2D eigenvalue weighted by Crippen LogP contribution is 2.45. The molecule has 0 aliphatic carbocycles. The molecule has 4 heteroatoms. The SMILES string of the molecule is Cc1cccc2c1N(Cc1ccccc1)C(=O)C2(F)C#N. The fourth-order valence-electron chi connectivity index (χ4n) is 2.72. The van der Waals surface area contributed by atoms with Gasteiger partial charge in [-0.25, -0.2) is 4.39 Å². The van der Waals surface area contributed by atoms with Crippen molar-refractivity contribution in [3.63, 3.8) is 0 Å². The van der Waals surface area contributed by atoms with Crippen molar-refractivity contribution in [2.24, 2.45) is 0 Å². The van der Waals surface area contributed by atoms with Crippen molar-refractivity contribution in [1.29, 1.82) is 5.26 Å². The van der Waals surface area contributed by atoms with Gasteiger partial charge in [0.25, 0.3) is 5.91 Å². The van der Waals surface area contributed by atoms with Crippen molar-refractivity contribution in [2.45, 2.75) is 19.1 Å². The van der Waals surface area contributed by atoms with Crippen LogP contribution in [-0.4, -0.2) is 5.91 Å². The summed E-state index contributed by atoms with van der Waals surface area (Å²) in [6, 6.07) is 15.9. The Morgan fingerprint density at radius 2 is 1.90 bits per heavy atom. The van der Waals surface area contributed by atoms with E-state index in [2.05, 4.69) is 0 Å². The summed E-state index contributed by atoms with van der Waals surface area (Å²) in [6.45, 7) is 2.07. The number of fused-ring (bicyclic) bond motifs is 1. The van der Waals surface area contributed by atoms with Crippen LogP contribution in [0.15, 0.2) is 48.5 Å². The van der Waals surface area contributed by atoms with Crippen LogP contribution in [-0.2, 0) is 17.0 Å². The molecule has 0 bridgehead atoms. The monoisotopic (exact) mass is 280 g/mol. The molecule has 0 N–H and O–H groups in total. The van der Waals surface area contributed by atoms with Crippen LogP contribution >= 0.6 is 0 Å². The molecular formula is C17H13FN2O. The third kappa shape index (κ3) is 1.90. The largest absolute Gasteiger partial charge is 0.303 e. The first-order valence-corrected chi connectivity index (χ1v) is 6.64. The molecule has 1 amide bonds. The first-order valence-electron chi connectivity index (χ1n) is 6.64. The maximum atomic E-state index is 14.8. The Morgan fingerprint density at radius 3 is 2.57 bits per heavy atom. The predicted octanol–water partition coefficient (Wildman–Crippen LogP) is 3.23. The van der Waals surface area contributed by atoms with Crippen molar-refractivity contribution in [3.05, 3.63) is 65.2 Å². The van der Waals surface area contributed by atoms with E-state index in [-0.39, 0.29) is 12.1 Å². The Morgan fingerprint density at radius 1 is 1.19 bits per heavy atom. The first-order chi connectivity index (χ1) is 10.1. The van der Waals surface area contributed by atoms with Crippen LogP contribution in [0, 0.1) is 18.3 Å². The average molecular weight is 280 g/mol. The third-order valence-electron chi connectivity index (χ3n) is 3.76. The van der Waals surface area contributed by atoms with E-state index in [1.54, 1.807) is 6.07 Å². The fraction of sp³-hybridized carbons (Fsp3) is 0.176. The molecule has 0 saturated carbocycles. The van der Waals surface area contributed by atoms with Crippen molar-refractivity contribution in [2.75, 3.05) is 4.90 Å². The molecule has 21 heavy (non-hydrogen) atoms. The third-order valence-corrected chi connectivity index (χ3v) is 3.76. The molecule has 1 atom stereocenters. The zero-order valence-electron chi connectivity index (χ0n) is 11.5. The summed E-state index contributed by atoms with van der Waals surface area (Å²) in [4.78, 5) is 13.8. The second-order valence-corrected chi connectivity index (χ2v) is 5.12. The average Bonchev–Trinajstić information content (AvgIpc) is 2.72. The summed E-state index contributed by atoms with van der Waals surface area (Å²) in [5.74, 6) is -0.807. The van der Waals surface area contributed by atoms with Gasteiger partial charge < -0.3 is 4.90 Å². The van der Waals surface area contributed by atoms with Crippen LogP contribution in [0.5, 0.6) is 0 Å². The summed E-state index contributed by atoms with van der Waals surface area (Å²) in [6.07, 6.45) is 0. The maximum absolute atomic E-state index is 14.8. The summed E-state index contributed by atoms with van der Waals surface area (Å²) in [5, 5.41) is 9.14. The lowest BCUT2D eigenvalue weighted by Crippen LogP contribution is -2.36. The van der Waals surface area contributed by atoms with Gasteiger partial charge in [-0.3, -0.25) is 4.79 Å². The van der Waals surface area contributed by atoms with Gasteiger partial charge in [-0.1, -0.05) is 48.5 Å². The van der Waals surface area contributed by atoms with Gasteiger partial charge in [-0.05, 0) is 18.1 Å². The van der Waals surface area contributed by atoms with Gasteiger partial charge in [-0.15, -0.1) is 0 Å². The quantitative estimate of drug-likeness (QED) is 0.847.